The van der Waals surface area contributed by atoms with Gasteiger partial charge < -0.3 is 14.4 Å². The number of hydrogen-bond donors (Lipinski definition) is 0. The Labute approximate surface area is 141 Å². The summed E-state index contributed by atoms with van der Waals surface area (Å²) < 4.78 is 12.3. The number of aromatic nitrogens is 3. The highest BCUT2D eigenvalue weighted by Crippen LogP contribution is 2.39. The Morgan fingerprint density at radius 3 is 2.71 bits per heavy atom. The average Bonchev–Trinajstić information content (AvgIpc) is 3.17. The minimum Gasteiger partial charge on any atom is -0.481 e. The van der Waals surface area contributed by atoms with Gasteiger partial charge in [-0.1, -0.05) is 0 Å². The molecule has 0 saturated carbocycles. The number of carbonyl (C=O) groups excluding carboxylic acids is 1. The Hall–Kier alpha value is -2.57. The maximum atomic E-state index is 12.9. The summed E-state index contributed by atoms with van der Waals surface area (Å²) in [6, 6.07) is 3.42. The van der Waals surface area contributed by atoms with Crippen molar-refractivity contribution < 1.29 is 14.3 Å². The number of rotatable bonds is 4. The number of likely N-dealkylation sites (tertiary alicyclic amines) is 1. The van der Waals surface area contributed by atoms with E-state index in [1.54, 1.807) is 37.2 Å². The maximum absolute atomic E-state index is 12.9. The maximum Gasteiger partial charge on any atom is 0.255 e. The molecular formula is C17H22N4O3. The molecule has 0 aliphatic carbocycles. The molecule has 1 aliphatic rings. The molecule has 3 rings (SSSR count). The third-order valence-corrected chi connectivity index (χ3v) is 4.45. The Morgan fingerprint density at radius 1 is 1.29 bits per heavy atom. The normalized spacial score (nSPS) is 17.2. The predicted octanol–water partition coefficient (Wildman–Crippen LogP) is 2.12. The van der Waals surface area contributed by atoms with Gasteiger partial charge in [0.2, 0.25) is 11.8 Å². The molecule has 0 N–H and O–H groups in total. The molecule has 1 amide bonds. The first-order valence-corrected chi connectivity index (χ1v) is 7.95. The van der Waals surface area contributed by atoms with Crippen LogP contribution in [0.5, 0.6) is 11.8 Å². The summed E-state index contributed by atoms with van der Waals surface area (Å²) in [7, 11) is 5.04. The summed E-state index contributed by atoms with van der Waals surface area (Å²) in [6.07, 6.45) is 3.42. The first kappa shape index (κ1) is 16.3. The van der Waals surface area contributed by atoms with Gasteiger partial charge in [-0.25, -0.2) is 9.67 Å². The number of carbonyl (C=O) groups is 1. The van der Waals surface area contributed by atoms with Gasteiger partial charge >= 0.3 is 0 Å². The van der Waals surface area contributed by atoms with E-state index < -0.39 is 0 Å². The molecule has 2 aromatic heterocycles. The molecule has 128 valence electrons. The number of hydrogen-bond acceptors (Lipinski definition) is 5. The molecule has 1 atom stereocenters. The monoisotopic (exact) mass is 330 g/mol. The second-order valence-electron chi connectivity index (χ2n) is 5.88. The highest BCUT2D eigenvalue weighted by Gasteiger charge is 2.35. The fraction of sp³-hybridized carbons (Fsp3) is 0.471. The van der Waals surface area contributed by atoms with E-state index in [2.05, 4.69) is 10.1 Å². The molecule has 0 bridgehead atoms. The molecule has 3 heterocycles. The minimum atomic E-state index is -0.0297. The lowest BCUT2D eigenvalue weighted by molar-refractivity contribution is 0.0733. The third-order valence-electron chi connectivity index (χ3n) is 4.45. The van der Waals surface area contributed by atoms with Crippen LogP contribution in [0.1, 0.15) is 40.5 Å². The van der Waals surface area contributed by atoms with Crippen LogP contribution in [0.2, 0.25) is 0 Å². The van der Waals surface area contributed by atoms with Crippen LogP contribution in [0.3, 0.4) is 0 Å². The SMILES string of the molecule is COc1ccc(C(=O)N2CCCC2c2c(C)nn(C)c2OC)cn1. The molecule has 7 heteroatoms. The fourth-order valence-corrected chi connectivity index (χ4v) is 3.38. The van der Waals surface area contributed by atoms with E-state index in [1.807, 2.05) is 18.9 Å². The second kappa shape index (κ2) is 6.51. The fourth-order valence-electron chi connectivity index (χ4n) is 3.38. The first-order valence-electron chi connectivity index (χ1n) is 7.95. The molecule has 0 aromatic carbocycles. The zero-order valence-electron chi connectivity index (χ0n) is 14.4. The van der Waals surface area contributed by atoms with Crippen LogP contribution in [0.4, 0.5) is 0 Å². The van der Waals surface area contributed by atoms with Gasteiger partial charge in [0.1, 0.15) is 0 Å². The van der Waals surface area contributed by atoms with Crippen molar-refractivity contribution >= 4 is 5.91 Å². The summed E-state index contributed by atoms with van der Waals surface area (Å²) in [5, 5.41) is 4.44. The van der Waals surface area contributed by atoms with Gasteiger partial charge in [-0.15, -0.1) is 0 Å². The molecule has 1 aliphatic heterocycles. The quantitative estimate of drug-likeness (QED) is 0.859. The standard InChI is InChI=1S/C17H22N4O3/c1-11-15(17(24-4)20(2)19-11)13-6-5-9-21(13)16(22)12-7-8-14(23-3)18-10-12/h7-8,10,13H,5-6,9H2,1-4H3. The number of nitrogens with zero attached hydrogens (tertiary/aromatic N) is 4. The molecule has 1 unspecified atom stereocenters. The smallest absolute Gasteiger partial charge is 0.255 e. The summed E-state index contributed by atoms with van der Waals surface area (Å²) in [6.45, 7) is 2.67. The van der Waals surface area contributed by atoms with Gasteiger partial charge in [-0.05, 0) is 25.8 Å². The predicted molar refractivity (Wildman–Crippen MR) is 88.3 cm³/mol. The Balaban J connectivity index is 1.91. The molecule has 0 radical (unpaired) electrons. The minimum absolute atomic E-state index is 0.0248. The molecule has 0 spiro atoms. The van der Waals surface area contributed by atoms with E-state index in [0.717, 1.165) is 24.1 Å². The molecule has 24 heavy (non-hydrogen) atoms. The Morgan fingerprint density at radius 2 is 2.08 bits per heavy atom. The molecular weight excluding hydrogens is 308 g/mol. The van der Waals surface area contributed by atoms with Gasteiger partial charge in [0.05, 0.1) is 37.1 Å². The van der Waals surface area contributed by atoms with Crippen LogP contribution in [0.25, 0.3) is 0 Å². The zero-order valence-corrected chi connectivity index (χ0v) is 14.4. The number of aryl methyl sites for hydroxylation is 2. The Bertz CT molecular complexity index is 739. The van der Waals surface area contributed by atoms with Crippen LogP contribution in [0.15, 0.2) is 18.3 Å². The molecule has 7 nitrogen and oxygen atoms in total. The van der Waals surface area contributed by atoms with Crippen LogP contribution < -0.4 is 9.47 Å². The van der Waals surface area contributed by atoms with E-state index in [4.69, 9.17) is 9.47 Å². The van der Waals surface area contributed by atoms with Crippen molar-refractivity contribution in [1.82, 2.24) is 19.7 Å². The highest BCUT2D eigenvalue weighted by molar-refractivity contribution is 5.94. The highest BCUT2D eigenvalue weighted by atomic mass is 16.5. The zero-order chi connectivity index (χ0) is 17.3. The lowest BCUT2D eigenvalue weighted by Gasteiger charge is -2.25. The van der Waals surface area contributed by atoms with Crippen molar-refractivity contribution in [2.45, 2.75) is 25.8 Å². The van der Waals surface area contributed by atoms with Crippen LogP contribution in [-0.2, 0) is 7.05 Å². The van der Waals surface area contributed by atoms with Gasteiger partial charge in [-0.2, -0.15) is 5.10 Å². The number of methoxy groups -OCH3 is 2. The van der Waals surface area contributed by atoms with Crippen molar-refractivity contribution in [3.8, 4) is 11.8 Å². The topological polar surface area (TPSA) is 69.5 Å². The van der Waals surface area contributed by atoms with Crippen molar-refractivity contribution in [3.05, 3.63) is 35.2 Å². The van der Waals surface area contributed by atoms with E-state index >= 15 is 0 Å². The van der Waals surface area contributed by atoms with Crippen molar-refractivity contribution in [3.63, 3.8) is 0 Å². The van der Waals surface area contributed by atoms with Gasteiger partial charge in [0, 0.05) is 25.9 Å². The lowest BCUT2D eigenvalue weighted by atomic mass is 10.0. The first-order chi connectivity index (χ1) is 11.6. The van der Waals surface area contributed by atoms with E-state index in [0.29, 0.717) is 23.9 Å². The lowest BCUT2D eigenvalue weighted by Crippen LogP contribution is -2.31. The van der Waals surface area contributed by atoms with Crippen LogP contribution >= 0.6 is 0 Å². The largest absolute Gasteiger partial charge is 0.481 e. The summed E-state index contributed by atoms with van der Waals surface area (Å²) in [4.78, 5) is 18.9. The number of ether oxygens (including phenoxy) is 2. The van der Waals surface area contributed by atoms with Crippen molar-refractivity contribution in [2.24, 2.45) is 7.05 Å². The summed E-state index contributed by atoms with van der Waals surface area (Å²) in [5.41, 5.74) is 2.45. The van der Waals surface area contributed by atoms with Gasteiger partial charge in [0.15, 0.2) is 0 Å². The van der Waals surface area contributed by atoms with E-state index in [-0.39, 0.29) is 11.9 Å². The third kappa shape index (κ3) is 2.70. The van der Waals surface area contributed by atoms with Crippen molar-refractivity contribution in [1.29, 1.82) is 0 Å². The number of amides is 1. The van der Waals surface area contributed by atoms with Crippen LogP contribution in [0, 0.1) is 6.92 Å². The van der Waals surface area contributed by atoms with Crippen LogP contribution in [-0.4, -0.2) is 46.3 Å². The second-order valence-corrected chi connectivity index (χ2v) is 5.88. The molecule has 2 aromatic rings. The van der Waals surface area contributed by atoms with Crippen molar-refractivity contribution in [2.75, 3.05) is 20.8 Å². The molecule has 1 saturated heterocycles. The van der Waals surface area contributed by atoms with Gasteiger partial charge in [0.25, 0.3) is 5.91 Å². The summed E-state index contributed by atoms with van der Waals surface area (Å²) in [5.74, 6) is 1.18. The van der Waals surface area contributed by atoms with E-state index in [9.17, 15) is 4.79 Å². The van der Waals surface area contributed by atoms with Gasteiger partial charge in [-0.3, -0.25) is 4.79 Å². The van der Waals surface area contributed by atoms with E-state index in [1.165, 1.54) is 0 Å². The number of pyridine rings is 1. The summed E-state index contributed by atoms with van der Waals surface area (Å²) >= 11 is 0. The Kier molecular flexibility index (Phi) is 4.42. The molecule has 1 fully saturated rings. The average molecular weight is 330 g/mol.